The number of rotatable bonds is 6. The number of hydrogen-bond acceptors (Lipinski definition) is 4. The van der Waals surface area contributed by atoms with Crippen LogP contribution in [-0.2, 0) is 11.3 Å². The lowest BCUT2D eigenvalue weighted by atomic mass is 9.74. The van der Waals surface area contributed by atoms with Gasteiger partial charge in [0.05, 0.1) is 16.1 Å². The highest BCUT2D eigenvalue weighted by molar-refractivity contribution is 7.09. The summed E-state index contributed by atoms with van der Waals surface area (Å²) in [7, 11) is 0. The summed E-state index contributed by atoms with van der Waals surface area (Å²) in [6.07, 6.45) is 0. The number of aromatic nitrogens is 1. The molecule has 0 aromatic carbocycles. The van der Waals surface area contributed by atoms with Crippen LogP contribution in [0.1, 0.15) is 58.2 Å². The minimum absolute atomic E-state index is 0.433. The van der Waals surface area contributed by atoms with Gasteiger partial charge in [0.1, 0.15) is 0 Å². The molecule has 0 saturated carbocycles. The largest absolute Gasteiger partial charge is 0.481 e. The zero-order valence-corrected chi connectivity index (χ0v) is 13.4. The van der Waals surface area contributed by atoms with Crippen molar-refractivity contribution in [2.75, 3.05) is 0 Å². The first-order chi connectivity index (χ1) is 8.58. The Balaban J connectivity index is 2.72. The molecule has 0 spiro atoms. The van der Waals surface area contributed by atoms with Gasteiger partial charge in [0.15, 0.2) is 0 Å². The number of nitrogens with zero attached hydrogens (tertiary/aromatic N) is 1. The zero-order chi connectivity index (χ0) is 14.8. The van der Waals surface area contributed by atoms with Crippen LogP contribution in [0.25, 0.3) is 0 Å². The summed E-state index contributed by atoms with van der Waals surface area (Å²) in [5, 5.41) is 15.8. The molecule has 1 aromatic rings. The Bertz CT molecular complexity index is 450. The van der Waals surface area contributed by atoms with Gasteiger partial charge in [-0.15, -0.1) is 11.3 Å². The van der Waals surface area contributed by atoms with Gasteiger partial charge in [-0.05, 0) is 27.7 Å². The fourth-order valence-corrected chi connectivity index (χ4v) is 2.30. The van der Waals surface area contributed by atoms with E-state index in [1.807, 2.05) is 19.2 Å². The van der Waals surface area contributed by atoms with Crippen molar-refractivity contribution < 1.29 is 9.90 Å². The topological polar surface area (TPSA) is 62.2 Å². The molecule has 0 atom stereocenters. The molecule has 1 aromatic heterocycles. The Morgan fingerprint density at radius 2 is 2.00 bits per heavy atom. The van der Waals surface area contributed by atoms with Gasteiger partial charge in [-0.25, -0.2) is 4.98 Å². The van der Waals surface area contributed by atoms with E-state index in [1.165, 1.54) is 0 Å². The van der Waals surface area contributed by atoms with Crippen LogP contribution in [0.4, 0.5) is 0 Å². The minimum atomic E-state index is -0.843. The molecule has 19 heavy (non-hydrogen) atoms. The number of carboxylic acid groups (broad SMARTS) is 1. The van der Waals surface area contributed by atoms with Crippen molar-refractivity contribution in [2.45, 2.75) is 59.5 Å². The number of nitrogens with one attached hydrogen (secondary N) is 1. The van der Waals surface area contributed by atoms with Crippen LogP contribution in [0.3, 0.4) is 0 Å². The Hall–Kier alpha value is -0.940. The average molecular weight is 284 g/mol. The molecule has 5 heteroatoms. The molecule has 0 aliphatic heterocycles. The quantitative estimate of drug-likeness (QED) is 0.842. The molecule has 0 amide bonds. The lowest BCUT2D eigenvalue weighted by Crippen LogP contribution is -2.54. The van der Waals surface area contributed by atoms with Crippen molar-refractivity contribution >= 4 is 17.3 Å². The van der Waals surface area contributed by atoms with Crippen molar-refractivity contribution in [3.8, 4) is 0 Å². The van der Waals surface area contributed by atoms with Crippen LogP contribution in [0.5, 0.6) is 0 Å². The Kier molecular flexibility index (Phi) is 4.74. The van der Waals surface area contributed by atoms with Crippen LogP contribution < -0.4 is 5.32 Å². The van der Waals surface area contributed by atoms with Crippen LogP contribution in [-0.4, -0.2) is 21.6 Å². The number of carboxylic acids is 1. The summed E-state index contributed by atoms with van der Waals surface area (Å²) in [5.41, 5.74) is -0.382. The van der Waals surface area contributed by atoms with Crippen LogP contribution in [0.15, 0.2) is 5.38 Å². The Morgan fingerprint density at radius 3 is 2.42 bits per heavy atom. The zero-order valence-electron chi connectivity index (χ0n) is 12.6. The Labute approximate surface area is 119 Å². The maximum atomic E-state index is 11.3. The average Bonchev–Trinajstić information content (AvgIpc) is 2.74. The Morgan fingerprint density at radius 1 is 1.42 bits per heavy atom. The molecule has 0 fully saturated rings. The molecule has 0 aliphatic rings. The third-order valence-corrected chi connectivity index (χ3v) is 5.07. The van der Waals surface area contributed by atoms with Gasteiger partial charge in [-0.3, -0.25) is 4.79 Å². The summed E-state index contributed by atoms with van der Waals surface area (Å²) >= 11 is 1.65. The van der Waals surface area contributed by atoms with Gasteiger partial charge >= 0.3 is 5.97 Å². The highest BCUT2D eigenvalue weighted by atomic mass is 32.1. The predicted octanol–water partition coefficient (Wildman–Crippen LogP) is 3.25. The first-order valence-electron chi connectivity index (χ1n) is 6.50. The van der Waals surface area contributed by atoms with E-state index in [0.717, 1.165) is 10.7 Å². The van der Waals surface area contributed by atoms with Crippen molar-refractivity contribution in [3.63, 3.8) is 0 Å². The fourth-order valence-electron chi connectivity index (χ4n) is 1.47. The van der Waals surface area contributed by atoms with Gasteiger partial charge in [0.2, 0.25) is 0 Å². The number of hydrogen-bond donors (Lipinski definition) is 2. The van der Waals surface area contributed by atoms with Crippen LogP contribution in [0, 0.1) is 5.41 Å². The second kappa shape index (κ2) is 5.59. The molecule has 4 nitrogen and oxygen atoms in total. The molecule has 2 N–H and O–H groups in total. The van der Waals surface area contributed by atoms with Crippen molar-refractivity contribution in [1.82, 2.24) is 10.3 Å². The van der Waals surface area contributed by atoms with Gasteiger partial charge in [0, 0.05) is 23.4 Å². The van der Waals surface area contributed by atoms with E-state index in [9.17, 15) is 9.90 Å². The molecule has 0 aliphatic carbocycles. The summed E-state index contributed by atoms with van der Waals surface area (Å²) in [5.74, 6) is -0.367. The van der Waals surface area contributed by atoms with Gasteiger partial charge in [-0.2, -0.15) is 0 Å². The fraction of sp³-hybridized carbons (Fsp3) is 0.714. The van der Waals surface area contributed by atoms with E-state index in [0.29, 0.717) is 12.5 Å². The molecule has 108 valence electrons. The smallest absolute Gasteiger partial charge is 0.310 e. The lowest BCUT2D eigenvalue weighted by molar-refractivity contribution is -0.151. The van der Waals surface area contributed by atoms with Gasteiger partial charge < -0.3 is 10.4 Å². The molecular weight excluding hydrogens is 260 g/mol. The minimum Gasteiger partial charge on any atom is -0.481 e. The predicted molar refractivity (Wildman–Crippen MR) is 78.5 cm³/mol. The summed E-state index contributed by atoms with van der Waals surface area (Å²) < 4.78 is 0. The van der Waals surface area contributed by atoms with Crippen LogP contribution in [0.2, 0.25) is 0 Å². The molecule has 0 saturated heterocycles. The maximum Gasteiger partial charge on any atom is 0.310 e. The second-order valence-electron chi connectivity index (χ2n) is 6.24. The molecular formula is C14H24N2O2S. The number of aliphatic carboxylic acids is 1. The first kappa shape index (κ1) is 16.1. The van der Waals surface area contributed by atoms with Crippen molar-refractivity contribution in [3.05, 3.63) is 16.1 Å². The highest BCUT2D eigenvalue weighted by Crippen LogP contribution is 2.31. The maximum absolute atomic E-state index is 11.3. The molecule has 1 rings (SSSR count). The number of carbonyl (C=O) groups is 1. The van der Waals surface area contributed by atoms with Crippen molar-refractivity contribution in [2.24, 2.45) is 5.41 Å². The van der Waals surface area contributed by atoms with Gasteiger partial charge in [-0.1, -0.05) is 13.8 Å². The van der Waals surface area contributed by atoms with E-state index >= 15 is 0 Å². The SMILES string of the molecule is CC(C)c1nc(CNC(C)(C)C(C)(C)C(=O)O)cs1. The summed E-state index contributed by atoms with van der Waals surface area (Å²) in [6.45, 7) is 12.1. The second-order valence-corrected chi connectivity index (χ2v) is 7.13. The molecule has 1 heterocycles. The van der Waals surface area contributed by atoms with Crippen LogP contribution >= 0.6 is 11.3 Å². The highest BCUT2D eigenvalue weighted by Gasteiger charge is 2.43. The third-order valence-electron chi connectivity index (χ3n) is 3.87. The van der Waals surface area contributed by atoms with E-state index < -0.39 is 16.9 Å². The monoisotopic (exact) mass is 284 g/mol. The summed E-state index contributed by atoms with van der Waals surface area (Å²) in [4.78, 5) is 15.9. The lowest BCUT2D eigenvalue weighted by Gasteiger charge is -2.38. The molecule has 0 bridgehead atoms. The van der Waals surface area contributed by atoms with E-state index in [1.54, 1.807) is 25.2 Å². The van der Waals surface area contributed by atoms with E-state index in [-0.39, 0.29) is 0 Å². The normalized spacial score (nSPS) is 13.0. The molecule has 0 radical (unpaired) electrons. The standard InChI is InChI=1S/C14H24N2O2S/c1-9(2)11-16-10(8-19-11)7-15-14(5,6)13(3,4)12(17)18/h8-9,15H,7H2,1-6H3,(H,17,18). The van der Waals surface area contributed by atoms with E-state index in [2.05, 4.69) is 24.1 Å². The van der Waals surface area contributed by atoms with Gasteiger partial charge in [0.25, 0.3) is 0 Å². The first-order valence-corrected chi connectivity index (χ1v) is 7.38. The third kappa shape index (κ3) is 3.54. The molecule has 0 unspecified atom stereocenters. The van der Waals surface area contributed by atoms with Crippen molar-refractivity contribution in [1.29, 1.82) is 0 Å². The number of thiazole rings is 1. The summed E-state index contributed by atoms with van der Waals surface area (Å²) in [6, 6.07) is 0. The van der Waals surface area contributed by atoms with E-state index in [4.69, 9.17) is 0 Å².